The molecule has 0 saturated carbocycles. The van der Waals surface area contributed by atoms with Crippen molar-refractivity contribution in [2.24, 2.45) is 0 Å². The molecule has 1 aliphatic carbocycles. The van der Waals surface area contributed by atoms with E-state index in [0.717, 1.165) is 57.4 Å². The summed E-state index contributed by atoms with van der Waals surface area (Å²) >= 11 is 0. The second-order valence-electron chi connectivity index (χ2n) is 6.24. The van der Waals surface area contributed by atoms with Gasteiger partial charge in [-0.15, -0.1) is 0 Å². The molecule has 1 aliphatic rings. The number of aromatic amines is 1. The zero-order chi connectivity index (χ0) is 16.0. The molecule has 0 radical (unpaired) electrons. The SMILES string of the molecule is C=C(C)c1cccc(-c2cnc3[nH]c4c(c3c2)C(=O)CCC4)c1. The molecule has 0 bridgehead atoms. The maximum atomic E-state index is 12.3. The predicted molar refractivity (Wildman–Crippen MR) is 93.5 cm³/mol. The van der Waals surface area contributed by atoms with Gasteiger partial charge in [0.15, 0.2) is 5.78 Å². The lowest BCUT2D eigenvalue weighted by atomic mass is 9.94. The topological polar surface area (TPSA) is 45.8 Å². The summed E-state index contributed by atoms with van der Waals surface area (Å²) in [5.74, 6) is 0.229. The zero-order valence-corrected chi connectivity index (χ0v) is 13.1. The largest absolute Gasteiger partial charge is 0.343 e. The number of nitrogens with one attached hydrogen (secondary N) is 1. The van der Waals surface area contributed by atoms with Crippen LogP contribution in [0.4, 0.5) is 0 Å². The third-order valence-corrected chi connectivity index (χ3v) is 4.53. The van der Waals surface area contributed by atoms with E-state index in [4.69, 9.17) is 0 Å². The van der Waals surface area contributed by atoms with Gasteiger partial charge < -0.3 is 4.98 Å². The van der Waals surface area contributed by atoms with Crippen LogP contribution in [0.1, 0.15) is 41.4 Å². The van der Waals surface area contributed by atoms with E-state index in [-0.39, 0.29) is 5.78 Å². The molecule has 2 aromatic heterocycles. The fourth-order valence-electron chi connectivity index (χ4n) is 3.30. The number of fused-ring (bicyclic) bond motifs is 3. The Morgan fingerprint density at radius 2 is 2.09 bits per heavy atom. The first-order valence-corrected chi connectivity index (χ1v) is 7.93. The standard InChI is InChI=1S/C20H18N2O/c1-12(2)13-5-3-6-14(9-13)15-10-16-19-17(7-4-8-18(19)23)22-20(16)21-11-15/h3,5-6,9-11H,1,4,7-8H2,2H3,(H,21,22). The summed E-state index contributed by atoms with van der Waals surface area (Å²) < 4.78 is 0. The molecule has 0 fully saturated rings. The number of pyridine rings is 1. The van der Waals surface area contributed by atoms with Crippen molar-refractivity contribution < 1.29 is 4.79 Å². The minimum Gasteiger partial charge on any atom is -0.343 e. The summed E-state index contributed by atoms with van der Waals surface area (Å²) in [6.45, 7) is 6.01. The zero-order valence-electron chi connectivity index (χ0n) is 13.1. The molecule has 3 nitrogen and oxygen atoms in total. The highest BCUT2D eigenvalue weighted by Gasteiger charge is 2.23. The maximum absolute atomic E-state index is 12.3. The van der Waals surface area contributed by atoms with E-state index in [1.807, 2.05) is 19.2 Å². The number of hydrogen-bond donors (Lipinski definition) is 1. The highest BCUT2D eigenvalue weighted by Crippen LogP contribution is 2.31. The number of carbonyl (C=O) groups excluding carboxylic acids is 1. The number of aromatic nitrogens is 2. The number of nitrogens with zero attached hydrogens (tertiary/aromatic N) is 1. The first-order chi connectivity index (χ1) is 11.1. The van der Waals surface area contributed by atoms with E-state index in [1.165, 1.54) is 0 Å². The Hall–Kier alpha value is -2.68. The van der Waals surface area contributed by atoms with Crippen LogP contribution in [0.3, 0.4) is 0 Å². The van der Waals surface area contributed by atoms with Gasteiger partial charge in [-0.05, 0) is 43.0 Å². The summed E-state index contributed by atoms with van der Waals surface area (Å²) in [5.41, 5.74) is 6.97. The Kier molecular flexibility index (Phi) is 3.15. The molecule has 0 saturated heterocycles. The van der Waals surface area contributed by atoms with Crippen molar-refractivity contribution in [1.82, 2.24) is 9.97 Å². The molecule has 23 heavy (non-hydrogen) atoms. The summed E-state index contributed by atoms with van der Waals surface area (Å²) in [6.07, 6.45) is 4.35. The molecule has 0 aliphatic heterocycles. The van der Waals surface area contributed by atoms with Crippen LogP contribution >= 0.6 is 0 Å². The number of allylic oxidation sites excluding steroid dienone is 1. The van der Waals surface area contributed by atoms with E-state index < -0.39 is 0 Å². The van der Waals surface area contributed by atoms with E-state index in [9.17, 15) is 4.79 Å². The number of Topliss-reactive ketones (excluding diaryl/α,β-unsaturated/α-hetero) is 1. The minimum atomic E-state index is 0.229. The highest BCUT2D eigenvalue weighted by atomic mass is 16.1. The minimum absolute atomic E-state index is 0.229. The molecule has 2 heterocycles. The normalized spacial score (nSPS) is 14.0. The molecule has 4 rings (SSSR count). The molecule has 114 valence electrons. The van der Waals surface area contributed by atoms with Gasteiger partial charge in [0, 0.05) is 34.8 Å². The van der Waals surface area contributed by atoms with Gasteiger partial charge in [0.25, 0.3) is 0 Å². The number of rotatable bonds is 2. The Morgan fingerprint density at radius 3 is 2.91 bits per heavy atom. The van der Waals surface area contributed by atoms with Crippen molar-refractivity contribution in [3.63, 3.8) is 0 Å². The van der Waals surface area contributed by atoms with Crippen LogP contribution in [-0.2, 0) is 6.42 Å². The van der Waals surface area contributed by atoms with Gasteiger partial charge in [0.1, 0.15) is 5.65 Å². The van der Waals surface area contributed by atoms with E-state index in [1.54, 1.807) is 0 Å². The second-order valence-corrected chi connectivity index (χ2v) is 6.24. The Balaban J connectivity index is 1.89. The number of carbonyl (C=O) groups is 1. The van der Waals surface area contributed by atoms with Crippen molar-refractivity contribution >= 4 is 22.4 Å². The summed E-state index contributed by atoms with van der Waals surface area (Å²) in [5, 5.41) is 0.947. The number of ketones is 1. The van der Waals surface area contributed by atoms with Crippen LogP contribution in [0.15, 0.2) is 43.1 Å². The van der Waals surface area contributed by atoms with Crippen molar-refractivity contribution in [1.29, 1.82) is 0 Å². The predicted octanol–water partition coefficient (Wildman–Crippen LogP) is 4.78. The van der Waals surface area contributed by atoms with Crippen LogP contribution in [-0.4, -0.2) is 15.8 Å². The van der Waals surface area contributed by atoms with Gasteiger partial charge >= 0.3 is 0 Å². The lowest BCUT2D eigenvalue weighted by molar-refractivity contribution is 0.0974. The molecular weight excluding hydrogens is 284 g/mol. The van der Waals surface area contributed by atoms with Crippen LogP contribution in [0.25, 0.3) is 27.7 Å². The number of hydrogen-bond acceptors (Lipinski definition) is 2. The van der Waals surface area contributed by atoms with Crippen LogP contribution in [0, 0.1) is 0 Å². The van der Waals surface area contributed by atoms with Gasteiger partial charge in [-0.25, -0.2) is 4.98 Å². The number of aryl methyl sites for hydroxylation is 1. The average Bonchev–Trinajstić information content (AvgIpc) is 2.93. The molecule has 0 spiro atoms. The first-order valence-electron chi connectivity index (χ1n) is 7.93. The maximum Gasteiger partial charge on any atom is 0.165 e. The molecule has 0 atom stereocenters. The van der Waals surface area contributed by atoms with Gasteiger partial charge in [0.2, 0.25) is 0 Å². The molecule has 3 aromatic rings. The van der Waals surface area contributed by atoms with Crippen molar-refractivity contribution in [2.45, 2.75) is 26.2 Å². The quantitative estimate of drug-likeness (QED) is 0.740. The third kappa shape index (κ3) is 2.29. The Morgan fingerprint density at radius 1 is 1.22 bits per heavy atom. The van der Waals surface area contributed by atoms with Crippen molar-refractivity contribution in [2.75, 3.05) is 0 Å². The van der Waals surface area contributed by atoms with E-state index >= 15 is 0 Å². The monoisotopic (exact) mass is 302 g/mol. The molecule has 1 N–H and O–H groups in total. The fraction of sp³-hybridized carbons (Fsp3) is 0.200. The molecule has 1 aromatic carbocycles. The van der Waals surface area contributed by atoms with Gasteiger partial charge in [-0.3, -0.25) is 4.79 Å². The Labute approximate surface area is 135 Å². The Bertz CT molecular complexity index is 949. The highest BCUT2D eigenvalue weighted by molar-refractivity contribution is 6.09. The molecular formula is C20H18N2O. The smallest absolute Gasteiger partial charge is 0.165 e. The van der Waals surface area contributed by atoms with Gasteiger partial charge in [-0.2, -0.15) is 0 Å². The summed E-state index contributed by atoms with van der Waals surface area (Å²) in [4.78, 5) is 20.1. The van der Waals surface area contributed by atoms with Crippen molar-refractivity contribution in [3.05, 3.63) is 59.9 Å². The lowest BCUT2D eigenvalue weighted by Gasteiger charge is -2.09. The van der Waals surface area contributed by atoms with E-state index in [0.29, 0.717) is 6.42 Å². The number of H-pyrrole nitrogens is 1. The number of benzene rings is 1. The fourth-order valence-corrected chi connectivity index (χ4v) is 3.30. The average molecular weight is 302 g/mol. The van der Waals surface area contributed by atoms with Crippen molar-refractivity contribution in [3.8, 4) is 11.1 Å². The molecule has 3 heteroatoms. The van der Waals surface area contributed by atoms with Gasteiger partial charge in [-0.1, -0.05) is 30.4 Å². The van der Waals surface area contributed by atoms with E-state index in [2.05, 4.69) is 40.8 Å². The third-order valence-electron chi connectivity index (χ3n) is 4.53. The summed E-state index contributed by atoms with van der Waals surface area (Å²) in [7, 11) is 0. The molecule has 0 amide bonds. The second kappa shape index (κ2) is 5.20. The first kappa shape index (κ1) is 13.9. The van der Waals surface area contributed by atoms with Crippen LogP contribution in [0.2, 0.25) is 0 Å². The summed E-state index contributed by atoms with van der Waals surface area (Å²) in [6, 6.07) is 10.3. The van der Waals surface area contributed by atoms with Crippen LogP contribution < -0.4 is 0 Å². The molecule has 0 unspecified atom stereocenters. The van der Waals surface area contributed by atoms with Crippen LogP contribution in [0.5, 0.6) is 0 Å². The lowest BCUT2D eigenvalue weighted by Crippen LogP contribution is -2.09. The van der Waals surface area contributed by atoms with Gasteiger partial charge in [0.05, 0.1) is 0 Å².